The zero-order valence-corrected chi connectivity index (χ0v) is 15.3. The number of anilines is 1. The molecule has 1 heterocycles. The minimum absolute atomic E-state index is 0.337. The number of hydrogen-bond acceptors (Lipinski definition) is 3. The Morgan fingerprint density at radius 2 is 1.37 bits per heavy atom. The van der Waals surface area contributed by atoms with Crippen molar-refractivity contribution in [2.24, 2.45) is 5.92 Å². The molecule has 2 N–H and O–H groups in total. The summed E-state index contributed by atoms with van der Waals surface area (Å²) in [6.07, 6.45) is -0.177. The molecule has 3 nitrogen and oxygen atoms in total. The Hall–Kier alpha value is -2.62. The van der Waals surface area contributed by atoms with Crippen LogP contribution in [0.25, 0.3) is 0 Å². The maximum atomic E-state index is 11.7. The Kier molecular flexibility index (Phi) is 4.97. The number of aliphatic hydroxyl groups is 2. The molecule has 1 aliphatic rings. The Morgan fingerprint density at radius 1 is 0.815 bits per heavy atom. The number of nitrogens with zero attached hydrogens (tertiary/aromatic N) is 1. The van der Waals surface area contributed by atoms with Crippen molar-refractivity contribution < 1.29 is 10.2 Å². The molecule has 0 saturated carbocycles. The van der Waals surface area contributed by atoms with Crippen LogP contribution >= 0.6 is 0 Å². The van der Waals surface area contributed by atoms with Crippen molar-refractivity contribution in [3.8, 4) is 0 Å². The monoisotopic (exact) mass is 359 g/mol. The summed E-state index contributed by atoms with van der Waals surface area (Å²) in [6, 6.07) is 29.6. The molecule has 0 aromatic heterocycles. The van der Waals surface area contributed by atoms with Crippen molar-refractivity contribution in [1.29, 1.82) is 0 Å². The third-order valence-corrected chi connectivity index (χ3v) is 5.71. The van der Waals surface area contributed by atoms with E-state index >= 15 is 0 Å². The summed E-state index contributed by atoms with van der Waals surface area (Å²) in [4.78, 5) is 2.26. The summed E-state index contributed by atoms with van der Waals surface area (Å²) in [6.45, 7) is 1.33. The third-order valence-electron chi connectivity index (χ3n) is 5.71. The lowest BCUT2D eigenvalue weighted by molar-refractivity contribution is -0.0904. The molecular weight excluding hydrogens is 334 g/mol. The van der Waals surface area contributed by atoms with Crippen LogP contribution in [0, 0.1) is 5.92 Å². The van der Waals surface area contributed by atoms with Gasteiger partial charge in [0.05, 0.1) is 11.7 Å². The average Bonchev–Trinajstić information content (AvgIpc) is 2.75. The quantitative estimate of drug-likeness (QED) is 0.736. The highest BCUT2D eigenvalue weighted by atomic mass is 16.3. The van der Waals surface area contributed by atoms with Gasteiger partial charge in [-0.1, -0.05) is 78.9 Å². The van der Waals surface area contributed by atoms with Crippen LogP contribution in [0.1, 0.15) is 23.7 Å². The van der Waals surface area contributed by atoms with Crippen molar-refractivity contribution in [1.82, 2.24) is 0 Å². The Bertz CT molecular complexity index is 853. The van der Waals surface area contributed by atoms with Crippen molar-refractivity contribution in [2.75, 3.05) is 18.0 Å². The lowest BCUT2D eigenvalue weighted by Crippen LogP contribution is -2.52. The van der Waals surface area contributed by atoms with E-state index in [1.54, 1.807) is 0 Å². The maximum Gasteiger partial charge on any atom is 0.0986 e. The van der Waals surface area contributed by atoms with E-state index in [0.717, 1.165) is 23.4 Å². The number of para-hydroxylation sites is 1. The van der Waals surface area contributed by atoms with Gasteiger partial charge in [-0.15, -0.1) is 0 Å². The summed E-state index contributed by atoms with van der Waals surface area (Å²) in [5, 5.41) is 22.9. The zero-order chi connectivity index (χ0) is 18.7. The van der Waals surface area contributed by atoms with Gasteiger partial charge in [0.25, 0.3) is 0 Å². The molecule has 3 aromatic carbocycles. The van der Waals surface area contributed by atoms with Crippen LogP contribution in [0.3, 0.4) is 0 Å². The normalized spacial score (nSPS) is 23.8. The summed E-state index contributed by atoms with van der Waals surface area (Å²) in [5.41, 5.74) is 1.77. The van der Waals surface area contributed by atoms with Crippen LogP contribution < -0.4 is 4.90 Å². The summed E-state index contributed by atoms with van der Waals surface area (Å²) in [5.74, 6) is -0.337. The van der Waals surface area contributed by atoms with Crippen LogP contribution in [0.4, 0.5) is 5.69 Å². The van der Waals surface area contributed by atoms with E-state index in [9.17, 15) is 10.2 Å². The molecule has 3 heteroatoms. The molecule has 0 radical (unpaired) electrons. The second-order valence-electron chi connectivity index (χ2n) is 7.28. The molecule has 4 rings (SSSR count). The highest BCUT2D eigenvalue weighted by Crippen LogP contribution is 2.44. The average molecular weight is 359 g/mol. The molecule has 138 valence electrons. The van der Waals surface area contributed by atoms with Gasteiger partial charge in [0.2, 0.25) is 0 Å². The summed E-state index contributed by atoms with van der Waals surface area (Å²) >= 11 is 0. The first-order valence-corrected chi connectivity index (χ1v) is 9.49. The second kappa shape index (κ2) is 7.55. The van der Waals surface area contributed by atoms with Gasteiger partial charge in [0, 0.05) is 24.7 Å². The van der Waals surface area contributed by atoms with Crippen LogP contribution in [-0.2, 0) is 5.60 Å². The number of aliphatic hydroxyl groups excluding tert-OH is 1. The summed E-state index contributed by atoms with van der Waals surface area (Å²) < 4.78 is 0. The lowest BCUT2D eigenvalue weighted by Gasteiger charge is -2.47. The van der Waals surface area contributed by atoms with Gasteiger partial charge in [-0.3, -0.25) is 0 Å². The largest absolute Gasteiger partial charge is 0.388 e. The molecule has 3 atom stereocenters. The minimum atomic E-state index is -1.07. The lowest BCUT2D eigenvalue weighted by atomic mass is 9.72. The van der Waals surface area contributed by atoms with Crippen molar-refractivity contribution in [3.05, 3.63) is 102 Å². The zero-order valence-electron chi connectivity index (χ0n) is 15.3. The van der Waals surface area contributed by atoms with Gasteiger partial charge in [-0.25, -0.2) is 0 Å². The first-order valence-electron chi connectivity index (χ1n) is 9.49. The van der Waals surface area contributed by atoms with Gasteiger partial charge in [-0.2, -0.15) is 0 Å². The summed E-state index contributed by atoms with van der Waals surface area (Å²) in [7, 11) is 0. The van der Waals surface area contributed by atoms with Crippen molar-refractivity contribution >= 4 is 5.69 Å². The predicted molar refractivity (Wildman–Crippen MR) is 109 cm³/mol. The van der Waals surface area contributed by atoms with Crippen LogP contribution in [0.5, 0.6) is 0 Å². The molecule has 3 aromatic rings. The fraction of sp³-hybridized carbons (Fsp3) is 0.250. The van der Waals surface area contributed by atoms with Gasteiger partial charge in [0.15, 0.2) is 0 Å². The van der Waals surface area contributed by atoms with E-state index in [1.807, 2.05) is 78.9 Å². The van der Waals surface area contributed by atoms with Crippen molar-refractivity contribution in [2.45, 2.75) is 18.1 Å². The van der Waals surface area contributed by atoms with Crippen LogP contribution in [0.15, 0.2) is 91.0 Å². The third kappa shape index (κ3) is 3.48. The van der Waals surface area contributed by atoms with Gasteiger partial charge in [0.1, 0.15) is 0 Å². The van der Waals surface area contributed by atoms with Gasteiger partial charge < -0.3 is 15.1 Å². The Morgan fingerprint density at radius 3 is 2.00 bits per heavy atom. The molecule has 0 spiro atoms. The fourth-order valence-electron chi connectivity index (χ4n) is 4.17. The first-order chi connectivity index (χ1) is 13.2. The molecule has 1 aliphatic heterocycles. The molecule has 1 saturated heterocycles. The standard InChI is InChI=1S/C24H25NO2/c26-23(19-10-4-1-5-11-19)22-18-25(21-14-8-3-9-15-21)17-16-24(22,27)20-12-6-2-7-13-20/h1-15,22-23,26-27H,16-18H2. The molecular formula is C24H25NO2. The van der Waals surface area contributed by atoms with E-state index in [4.69, 9.17) is 0 Å². The van der Waals surface area contributed by atoms with E-state index in [0.29, 0.717) is 13.0 Å². The molecule has 0 bridgehead atoms. The van der Waals surface area contributed by atoms with E-state index in [-0.39, 0.29) is 5.92 Å². The number of piperidine rings is 1. The number of benzene rings is 3. The van der Waals surface area contributed by atoms with Crippen LogP contribution in [-0.4, -0.2) is 23.3 Å². The van der Waals surface area contributed by atoms with E-state index in [1.165, 1.54) is 0 Å². The predicted octanol–water partition coefficient (Wildman–Crippen LogP) is 4.13. The topological polar surface area (TPSA) is 43.7 Å². The number of rotatable bonds is 4. The molecule has 3 unspecified atom stereocenters. The SMILES string of the molecule is OC(c1ccccc1)C1CN(c2ccccc2)CCC1(O)c1ccccc1. The fourth-order valence-corrected chi connectivity index (χ4v) is 4.17. The van der Waals surface area contributed by atoms with Crippen LogP contribution in [0.2, 0.25) is 0 Å². The molecule has 0 amide bonds. The van der Waals surface area contributed by atoms with E-state index in [2.05, 4.69) is 17.0 Å². The van der Waals surface area contributed by atoms with Gasteiger partial charge in [-0.05, 0) is 29.7 Å². The highest BCUT2D eigenvalue weighted by Gasteiger charge is 2.46. The minimum Gasteiger partial charge on any atom is -0.388 e. The molecule has 0 aliphatic carbocycles. The van der Waals surface area contributed by atoms with Gasteiger partial charge >= 0.3 is 0 Å². The number of hydrogen-bond donors (Lipinski definition) is 2. The molecule has 1 fully saturated rings. The van der Waals surface area contributed by atoms with Crippen molar-refractivity contribution in [3.63, 3.8) is 0 Å². The second-order valence-corrected chi connectivity index (χ2v) is 7.28. The maximum absolute atomic E-state index is 11.7. The molecule has 27 heavy (non-hydrogen) atoms. The Balaban J connectivity index is 1.71. The highest BCUT2D eigenvalue weighted by molar-refractivity contribution is 5.47. The first kappa shape index (κ1) is 17.8. The van der Waals surface area contributed by atoms with E-state index < -0.39 is 11.7 Å². The Labute approximate surface area is 160 Å². The smallest absolute Gasteiger partial charge is 0.0986 e.